The number of benzene rings is 3. The number of hydrogen-bond acceptors (Lipinski definition) is 5. The number of nitrogens with zero attached hydrogens (tertiary/aromatic N) is 1. The van der Waals surface area contributed by atoms with E-state index >= 15 is 0 Å². The van der Waals surface area contributed by atoms with Crippen LogP contribution in [0.4, 0.5) is 10.5 Å². The minimum absolute atomic E-state index is 0.199. The molecule has 10 heteroatoms. The van der Waals surface area contributed by atoms with Crippen molar-refractivity contribution < 1.29 is 23.9 Å². The molecule has 0 bridgehead atoms. The zero-order chi connectivity index (χ0) is 25.1. The fourth-order valence-electron chi connectivity index (χ4n) is 3.32. The van der Waals surface area contributed by atoms with Crippen LogP contribution in [0.2, 0.25) is 15.1 Å². The lowest BCUT2D eigenvalue weighted by atomic mass is 10.1. The average Bonchev–Trinajstić information content (AvgIpc) is 2.82. The maximum Gasteiger partial charge on any atom is 0.335 e. The summed E-state index contributed by atoms with van der Waals surface area (Å²) in [6.45, 7) is 0.199. The molecule has 178 valence electrons. The van der Waals surface area contributed by atoms with Gasteiger partial charge in [0.25, 0.3) is 11.8 Å². The first kappa shape index (κ1) is 24.6. The van der Waals surface area contributed by atoms with Gasteiger partial charge in [0.2, 0.25) is 0 Å². The summed E-state index contributed by atoms with van der Waals surface area (Å²) in [5.74, 6) is -0.634. The normalized spacial score (nSPS) is 14.8. The first-order valence-electron chi connectivity index (χ1n) is 10.2. The van der Waals surface area contributed by atoms with E-state index in [1.54, 1.807) is 48.5 Å². The van der Waals surface area contributed by atoms with Gasteiger partial charge < -0.3 is 9.47 Å². The van der Waals surface area contributed by atoms with Crippen molar-refractivity contribution >= 4 is 64.4 Å². The number of hydrogen-bond donors (Lipinski definition) is 1. The average molecular weight is 532 g/mol. The van der Waals surface area contributed by atoms with E-state index in [1.807, 2.05) is 0 Å². The predicted molar refractivity (Wildman–Crippen MR) is 134 cm³/mol. The summed E-state index contributed by atoms with van der Waals surface area (Å²) in [4.78, 5) is 38.8. The third kappa shape index (κ3) is 5.43. The van der Waals surface area contributed by atoms with Crippen LogP contribution in [0.15, 0.2) is 66.2 Å². The third-order valence-electron chi connectivity index (χ3n) is 5.09. The van der Waals surface area contributed by atoms with Crippen molar-refractivity contribution in [3.8, 4) is 11.5 Å². The van der Waals surface area contributed by atoms with Crippen LogP contribution in [0.1, 0.15) is 11.1 Å². The molecule has 1 fully saturated rings. The molecule has 0 unspecified atom stereocenters. The number of urea groups is 1. The number of carbonyl (C=O) groups is 3. The molecule has 3 aromatic carbocycles. The van der Waals surface area contributed by atoms with Crippen molar-refractivity contribution in [3.63, 3.8) is 0 Å². The van der Waals surface area contributed by atoms with E-state index < -0.39 is 17.8 Å². The van der Waals surface area contributed by atoms with Crippen molar-refractivity contribution in [2.24, 2.45) is 0 Å². The number of anilines is 1. The Morgan fingerprint density at radius 1 is 0.914 bits per heavy atom. The van der Waals surface area contributed by atoms with Gasteiger partial charge in [-0.2, -0.15) is 0 Å². The molecule has 0 aromatic heterocycles. The highest BCUT2D eigenvalue weighted by Crippen LogP contribution is 2.28. The molecular weight excluding hydrogens is 515 g/mol. The van der Waals surface area contributed by atoms with Crippen LogP contribution < -0.4 is 19.7 Å². The van der Waals surface area contributed by atoms with Gasteiger partial charge in [-0.3, -0.25) is 14.9 Å². The Labute approximate surface area is 215 Å². The molecule has 1 N–H and O–H groups in total. The number of halogens is 3. The fraction of sp³-hybridized carbons (Fsp3) is 0.0800. The molecule has 0 spiro atoms. The molecule has 1 heterocycles. The molecule has 0 radical (unpaired) electrons. The second kappa shape index (κ2) is 10.4. The molecular formula is C25H17Cl3N2O5. The lowest BCUT2D eigenvalue weighted by Gasteiger charge is -2.26. The van der Waals surface area contributed by atoms with Crippen LogP contribution in [0.5, 0.6) is 11.5 Å². The zero-order valence-electron chi connectivity index (χ0n) is 18.2. The number of nitrogens with one attached hydrogen (secondary N) is 1. The summed E-state index contributed by atoms with van der Waals surface area (Å²) in [5.41, 5.74) is 1.28. The fourth-order valence-corrected chi connectivity index (χ4v) is 4.05. The van der Waals surface area contributed by atoms with E-state index in [2.05, 4.69) is 5.32 Å². The first-order valence-corrected chi connectivity index (χ1v) is 11.3. The molecule has 1 aliphatic heterocycles. The summed E-state index contributed by atoms with van der Waals surface area (Å²) in [7, 11) is 1.48. The second-order valence-corrected chi connectivity index (χ2v) is 8.62. The molecule has 4 amide bonds. The highest BCUT2D eigenvalue weighted by molar-refractivity contribution is 6.39. The van der Waals surface area contributed by atoms with Gasteiger partial charge in [-0.15, -0.1) is 0 Å². The van der Waals surface area contributed by atoms with Crippen molar-refractivity contribution in [2.75, 3.05) is 12.0 Å². The van der Waals surface area contributed by atoms with Gasteiger partial charge in [0.05, 0.1) is 17.8 Å². The third-order valence-corrected chi connectivity index (χ3v) is 5.98. The minimum atomic E-state index is -0.855. The summed E-state index contributed by atoms with van der Waals surface area (Å²) in [6, 6.07) is 15.3. The Hall–Kier alpha value is -3.52. The van der Waals surface area contributed by atoms with Crippen LogP contribution >= 0.6 is 34.8 Å². The summed E-state index contributed by atoms with van der Waals surface area (Å²) in [5, 5.41) is 3.50. The SMILES string of the molecule is COc1ccc(/C=C2\C(=O)NC(=O)N(c3ccc(OCc4ccc(Cl)cc4Cl)cc3)C2=O)cc1Cl. The predicted octanol–water partition coefficient (Wildman–Crippen LogP) is 5.90. The van der Waals surface area contributed by atoms with Gasteiger partial charge in [-0.25, -0.2) is 9.69 Å². The molecule has 0 atom stereocenters. The van der Waals surface area contributed by atoms with Crippen LogP contribution in [-0.4, -0.2) is 25.0 Å². The number of methoxy groups -OCH3 is 1. The molecule has 0 saturated carbocycles. The number of imide groups is 2. The Balaban J connectivity index is 1.53. The van der Waals surface area contributed by atoms with Crippen molar-refractivity contribution in [3.05, 3.63) is 92.4 Å². The van der Waals surface area contributed by atoms with Crippen molar-refractivity contribution in [2.45, 2.75) is 6.61 Å². The molecule has 35 heavy (non-hydrogen) atoms. The lowest BCUT2D eigenvalue weighted by molar-refractivity contribution is -0.122. The number of carbonyl (C=O) groups excluding carboxylic acids is 3. The molecule has 3 aromatic rings. The summed E-state index contributed by atoms with van der Waals surface area (Å²) >= 11 is 18.2. The quantitative estimate of drug-likeness (QED) is 0.316. The van der Waals surface area contributed by atoms with E-state index in [9.17, 15) is 14.4 Å². The summed E-state index contributed by atoms with van der Waals surface area (Å²) < 4.78 is 10.8. The number of amides is 4. The molecule has 0 aliphatic carbocycles. The Morgan fingerprint density at radius 3 is 2.31 bits per heavy atom. The Kier molecular flexibility index (Phi) is 7.31. The van der Waals surface area contributed by atoms with Crippen LogP contribution in [-0.2, 0) is 16.2 Å². The van der Waals surface area contributed by atoms with Gasteiger partial charge in [-0.1, -0.05) is 46.9 Å². The standard InChI is InChI=1S/C25H17Cl3N2O5/c1-34-22-9-2-14(11-21(22)28)10-19-23(31)29-25(33)30(24(19)32)17-5-7-18(8-6-17)35-13-15-3-4-16(26)12-20(15)27/h2-12H,13H2,1H3,(H,29,31,33)/b19-10+. The highest BCUT2D eigenvalue weighted by atomic mass is 35.5. The number of rotatable bonds is 6. The molecule has 1 aliphatic rings. The van der Waals surface area contributed by atoms with Crippen molar-refractivity contribution in [1.29, 1.82) is 0 Å². The Morgan fingerprint density at radius 2 is 1.66 bits per heavy atom. The lowest BCUT2D eigenvalue weighted by Crippen LogP contribution is -2.54. The summed E-state index contributed by atoms with van der Waals surface area (Å²) in [6.07, 6.45) is 1.36. The monoisotopic (exact) mass is 530 g/mol. The van der Waals surface area contributed by atoms with Crippen LogP contribution in [0, 0.1) is 0 Å². The van der Waals surface area contributed by atoms with Gasteiger partial charge in [0.15, 0.2) is 0 Å². The van der Waals surface area contributed by atoms with Gasteiger partial charge in [0, 0.05) is 15.6 Å². The number of barbiturate groups is 1. The highest BCUT2D eigenvalue weighted by Gasteiger charge is 2.36. The topological polar surface area (TPSA) is 84.9 Å². The number of ether oxygens (including phenoxy) is 2. The zero-order valence-corrected chi connectivity index (χ0v) is 20.4. The van der Waals surface area contributed by atoms with Gasteiger partial charge in [0.1, 0.15) is 23.7 Å². The Bertz CT molecular complexity index is 1360. The minimum Gasteiger partial charge on any atom is -0.495 e. The molecule has 4 rings (SSSR count). The first-order chi connectivity index (χ1) is 16.8. The maximum absolute atomic E-state index is 13.1. The van der Waals surface area contributed by atoms with Crippen LogP contribution in [0.25, 0.3) is 6.08 Å². The molecule has 1 saturated heterocycles. The van der Waals surface area contributed by atoms with E-state index in [0.29, 0.717) is 32.1 Å². The van der Waals surface area contributed by atoms with E-state index in [4.69, 9.17) is 44.3 Å². The van der Waals surface area contributed by atoms with Crippen molar-refractivity contribution in [1.82, 2.24) is 5.32 Å². The van der Waals surface area contributed by atoms with E-state index in [0.717, 1.165) is 10.5 Å². The molecule has 7 nitrogen and oxygen atoms in total. The van der Waals surface area contributed by atoms with E-state index in [1.165, 1.54) is 25.3 Å². The van der Waals surface area contributed by atoms with Gasteiger partial charge in [-0.05, 0) is 60.2 Å². The van der Waals surface area contributed by atoms with Gasteiger partial charge >= 0.3 is 6.03 Å². The second-order valence-electron chi connectivity index (χ2n) is 7.37. The van der Waals surface area contributed by atoms with Crippen LogP contribution in [0.3, 0.4) is 0 Å². The smallest absolute Gasteiger partial charge is 0.335 e. The maximum atomic E-state index is 13.1. The largest absolute Gasteiger partial charge is 0.495 e. The van der Waals surface area contributed by atoms with E-state index in [-0.39, 0.29) is 17.9 Å².